The molecule has 25 heavy (non-hydrogen) atoms. The summed E-state index contributed by atoms with van der Waals surface area (Å²) < 4.78 is 24.8. The third kappa shape index (κ3) is 4.00. The second kappa shape index (κ2) is 6.50. The van der Waals surface area contributed by atoms with Crippen molar-refractivity contribution in [3.8, 4) is 0 Å². The number of sulfonamides is 1. The van der Waals surface area contributed by atoms with Crippen LogP contribution in [-0.2, 0) is 14.8 Å². The van der Waals surface area contributed by atoms with Crippen LogP contribution >= 0.6 is 0 Å². The summed E-state index contributed by atoms with van der Waals surface area (Å²) in [5, 5.41) is 7.74. The molecule has 0 radical (unpaired) electrons. The standard InChI is InChI=1S/C18H21N3O3S/c1-12-11-14(13(2)21(12)16-6-7-16)3-10-18(22)20-15-4-8-17(9-5-15)25(19,23)24/h3-5,8-11,16H,6-7H2,1-2H3,(H,20,22)(H2,19,23,24)/b10-3+. The lowest BCUT2D eigenvalue weighted by Crippen LogP contribution is -2.12. The lowest BCUT2D eigenvalue weighted by atomic mass is 10.2. The number of nitrogens with one attached hydrogen (secondary N) is 1. The number of hydrogen-bond donors (Lipinski definition) is 2. The van der Waals surface area contributed by atoms with Crippen LogP contribution in [0.3, 0.4) is 0 Å². The number of aryl methyl sites for hydroxylation is 1. The van der Waals surface area contributed by atoms with Gasteiger partial charge in [-0.1, -0.05) is 0 Å². The number of anilines is 1. The van der Waals surface area contributed by atoms with Gasteiger partial charge in [0.1, 0.15) is 0 Å². The Morgan fingerprint density at radius 1 is 1.24 bits per heavy atom. The molecule has 3 rings (SSSR count). The minimum Gasteiger partial charge on any atom is -0.346 e. The van der Waals surface area contributed by atoms with Crippen molar-refractivity contribution in [3.05, 3.63) is 53.4 Å². The van der Waals surface area contributed by atoms with E-state index in [4.69, 9.17) is 5.14 Å². The molecule has 1 fully saturated rings. The second-order valence-electron chi connectivity index (χ2n) is 6.32. The molecule has 0 atom stereocenters. The van der Waals surface area contributed by atoms with Crippen molar-refractivity contribution in [1.82, 2.24) is 4.57 Å². The molecule has 7 heteroatoms. The van der Waals surface area contributed by atoms with Gasteiger partial charge in [-0.25, -0.2) is 13.6 Å². The maximum Gasteiger partial charge on any atom is 0.248 e. The number of rotatable bonds is 5. The first kappa shape index (κ1) is 17.4. The van der Waals surface area contributed by atoms with Gasteiger partial charge in [0.15, 0.2) is 0 Å². The van der Waals surface area contributed by atoms with Crippen LogP contribution in [0.5, 0.6) is 0 Å². The summed E-state index contributed by atoms with van der Waals surface area (Å²) in [6.07, 6.45) is 5.71. The molecule has 1 saturated carbocycles. The molecule has 132 valence electrons. The van der Waals surface area contributed by atoms with Crippen LogP contribution in [0.15, 0.2) is 41.3 Å². The van der Waals surface area contributed by atoms with Crippen LogP contribution in [0.25, 0.3) is 6.08 Å². The normalized spacial score (nSPS) is 14.8. The fraction of sp³-hybridized carbons (Fsp3) is 0.278. The molecule has 0 aliphatic heterocycles. The van der Waals surface area contributed by atoms with Crippen LogP contribution < -0.4 is 10.5 Å². The Labute approximate surface area is 147 Å². The number of aromatic nitrogens is 1. The summed E-state index contributed by atoms with van der Waals surface area (Å²) >= 11 is 0. The van der Waals surface area contributed by atoms with Crippen molar-refractivity contribution in [1.29, 1.82) is 0 Å². The van der Waals surface area contributed by atoms with E-state index in [0.29, 0.717) is 11.7 Å². The highest BCUT2D eigenvalue weighted by atomic mass is 32.2. The molecule has 0 unspecified atom stereocenters. The Bertz CT molecular complexity index is 937. The molecule has 2 aromatic rings. The largest absolute Gasteiger partial charge is 0.346 e. The number of primary sulfonamides is 1. The molecule has 1 aromatic heterocycles. The topological polar surface area (TPSA) is 94.2 Å². The number of carbonyl (C=O) groups is 1. The number of benzene rings is 1. The van der Waals surface area contributed by atoms with Crippen molar-refractivity contribution in [2.75, 3.05) is 5.32 Å². The summed E-state index contributed by atoms with van der Waals surface area (Å²) in [5.74, 6) is -0.278. The smallest absolute Gasteiger partial charge is 0.248 e. The van der Waals surface area contributed by atoms with Gasteiger partial charge in [0.25, 0.3) is 0 Å². The number of nitrogens with zero attached hydrogens (tertiary/aromatic N) is 1. The SMILES string of the molecule is Cc1cc(/C=C/C(=O)Nc2ccc(S(N)(=O)=O)cc2)c(C)n1C1CC1. The number of nitrogens with two attached hydrogens (primary N) is 1. The third-order valence-corrected chi connectivity index (χ3v) is 5.23. The molecular formula is C18H21N3O3S. The van der Waals surface area contributed by atoms with Gasteiger partial charge in [-0.15, -0.1) is 0 Å². The van der Waals surface area contributed by atoms with E-state index in [1.165, 1.54) is 54.6 Å². The Balaban J connectivity index is 1.68. The van der Waals surface area contributed by atoms with Crippen LogP contribution in [0.2, 0.25) is 0 Å². The van der Waals surface area contributed by atoms with E-state index >= 15 is 0 Å². The fourth-order valence-corrected chi connectivity index (χ4v) is 3.46. The first-order valence-electron chi connectivity index (χ1n) is 8.06. The highest BCUT2D eigenvalue weighted by molar-refractivity contribution is 7.89. The number of hydrogen-bond acceptors (Lipinski definition) is 3. The zero-order valence-electron chi connectivity index (χ0n) is 14.2. The molecule has 1 aromatic carbocycles. The first-order chi connectivity index (χ1) is 11.8. The Morgan fingerprint density at radius 3 is 2.44 bits per heavy atom. The Hall–Kier alpha value is -2.38. The number of amides is 1. The quantitative estimate of drug-likeness (QED) is 0.804. The molecule has 6 nitrogen and oxygen atoms in total. The molecule has 0 saturated heterocycles. The minimum atomic E-state index is -3.73. The van der Waals surface area contributed by atoms with E-state index in [9.17, 15) is 13.2 Å². The lowest BCUT2D eigenvalue weighted by molar-refractivity contribution is -0.111. The van der Waals surface area contributed by atoms with Crippen molar-refractivity contribution >= 4 is 27.7 Å². The highest BCUT2D eigenvalue weighted by Crippen LogP contribution is 2.38. The predicted octanol–water partition coefficient (Wildman–Crippen LogP) is 2.74. The van der Waals surface area contributed by atoms with Crippen LogP contribution in [0, 0.1) is 13.8 Å². The monoisotopic (exact) mass is 359 g/mol. The van der Waals surface area contributed by atoms with Gasteiger partial charge in [-0.3, -0.25) is 4.79 Å². The molecule has 1 aliphatic carbocycles. The van der Waals surface area contributed by atoms with Crippen LogP contribution in [0.4, 0.5) is 5.69 Å². The summed E-state index contributed by atoms with van der Waals surface area (Å²) in [4.78, 5) is 12.1. The zero-order chi connectivity index (χ0) is 18.2. The molecule has 0 bridgehead atoms. The molecule has 1 amide bonds. The van der Waals surface area contributed by atoms with E-state index in [2.05, 4.69) is 29.8 Å². The zero-order valence-corrected chi connectivity index (χ0v) is 15.0. The van der Waals surface area contributed by atoms with E-state index in [1.807, 2.05) is 0 Å². The Morgan fingerprint density at radius 2 is 1.88 bits per heavy atom. The van der Waals surface area contributed by atoms with Gasteiger partial charge in [0.2, 0.25) is 15.9 Å². The summed E-state index contributed by atoms with van der Waals surface area (Å²) in [6, 6.07) is 8.41. The minimum absolute atomic E-state index is 0.00792. The molecular weight excluding hydrogens is 338 g/mol. The third-order valence-electron chi connectivity index (χ3n) is 4.30. The first-order valence-corrected chi connectivity index (χ1v) is 9.60. The second-order valence-corrected chi connectivity index (χ2v) is 7.88. The van der Waals surface area contributed by atoms with E-state index in [1.54, 1.807) is 6.08 Å². The maximum absolute atomic E-state index is 12.1. The van der Waals surface area contributed by atoms with E-state index < -0.39 is 10.0 Å². The maximum atomic E-state index is 12.1. The van der Waals surface area contributed by atoms with Crippen molar-refractivity contribution in [2.24, 2.45) is 5.14 Å². The van der Waals surface area contributed by atoms with Crippen molar-refractivity contribution in [3.63, 3.8) is 0 Å². The summed E-state index contributed by atoms with van der Waals surface area (Å²) in [7, 11) is -3.73. The van der Waals surface area contributed by atoms with Gasteiger partial charge in [0.05, 0.1) is 4.90 Å². The predicted molar refractivity (Wildman–Crippen MR) is 97.7 cm³/mol. The molecule has 3 N–H and O–H groups in total. The summed E-state index contributed by atoms with van der Waals surface area (Å²) in [6.45, 7) is 4.14. The van der Waals surface area contributed by atoms with E-state index in [0.717, 1.165) is 5.56 Å². The van der Waals surface area contributed by atoms with Gasteiger partial charge in [0, 0.05) is 29.2 Å². The lowest BCUT2D eigenvalue weighted by Gasteiger charge is -2.06. The average molecular weight is 359 g/mol. The van der Waals surface area contributed by atoms with Gasteiger partial charge in [-0.05, 0) is 68.7 Å². The van der Waals surface area contributed by atoms with Crippen molar-refractivity contribution < 1.29 is 13.2 Å². The van der Waals surface area contributed by atoms with Gasteiger partial charge < -0.3 is 9.88 Å². The average Bonchev–Trinajstić information content (AvgIpc) is 3.31. The molecule has 1 heterocycles. The van der Waals surface area contributed by atoms with E-state index in [-0.39, 0.29) is 10.8 Å². The van der Waals surface area contributed by atoms with Crippen LogP contribution in [0.1, 0.15) is 35.8 Å². The van der Waals surface area contributed by atoms with Crippen molar-refractivity contribution in [2.45, 2.75) is 37.6 Å². The van der Waals surface area contributed by atoms with Gasteiger partial charge >= 0.3 is 0 Å². The van der Waals surface area contributed by atoms with Gasteiger partial charge in [-0.2, -0.15) is 0 Å². The van der Waals surface area contributed by atoms with Crippen LogP contribution in [-0.4, -0.2) is 18.9 Å². The molecule has 1 aliphatic rings. The Kier molecular flexibility index (Phi) is 4.53. The molecule has 0 spiro atoms. The summed E-state index contributed by atoms with van der Waals surface area (Å²) in [5.41, 5.74) is 3.91. The number of carbonyl (C=O) groups excluding carboxylic acids is 1. The highest BCUT2D eigenvalue weighted by Gasteiger charge is 2.26. The fourth-order valence-electron chi connectivity index (χ4n) is 2.94.